The van der Waals surface area contributed by atoms with Gasteiger partial charge >= 0.3 is 17.8 Å². The molecule has 2 N–H and O–H groups in total. The van der Waals surface area contributed by atoms with E-state index < -0.39 is 63.2 Å². The Hall–Kier alpha value is -3.27. The van der Waals surface area contributed by atoms with Gasteiger partial charge in [-0.25, -0.2) is 9.59 Å². The number of hydrogen-bond acceptors (Lipinski definition) is 8. The second kappa shape index (κ2) is 10.4. The molecule has 192 valence electrons. The van der Waals surface area contributed by atoms with E-state index in [1.54, 1.807) is 13.0 Å². The summed E-state index contributed by atoms with van der Waals surface area (Å²) >= 11 is 2.70. The van der Waals surface area contributed by atoms with Crippen molar-refractivity contribution in [2.24, 2.45) is 0 Å². The summed E-state index contributed by atoms with van der Waals surface area (Å²) in [6.45, 7) is -0.0602. The number of esters is 1. The third-order valence-electron chi connectivity index (χ3n) is 4.51. The summed E-state index contributed by atoms with van der Waals surface area (Å²) in [5, 5.41) is 3.06. The molecule has 0 aliphatic carbocycles. The van der Waals surface area contributed by atoms with Crippen molar-refractivity contribution in [1.82, 2.24) is 0 Å². The lowest BCUT2D eigenvalue weighted by atomic mass is 10.1. The van der Waals surface area contributed by atoms with Crippen LogP contribution in [0.2, 0.25) is 0 Å². The van der Waals surface area contributed by atoms with Crippen LogP contribution in [0.3, 0.4) is 0 Å². The monoisotopic (exact) mass is 593 g/mol. The number of halogens is 4. The van der Waals surface area contributed by atoms with Gasteiger partial charge in [0.1, 0.15) is 29.3 Å². The number of carbonyl (C=O) groups is 2. The van der Waals surface area contributed by atoms with Gasteiger partial charge in [-0.1, -0.05) is 15.9 Å². The van der Waals surface area contributed by atoms with E-state index in [0.29, 0.717) is 23.1 Å². The van der Waals surface area contributed by atoms with Gasteiger partial charge in [-0.15, -0.1) is 0 Å². The largest absolute Gasteiger partial charge is 0.423 e. The molecule has 2 aromatic carbocycles. The normalized spacial score (nSPS) is 11.9. The topological polar surface area (TPSA) is 149 Å². The minimum absolute atomic E-state index is 0.215. The van der Waals surface area contributed by atoms with Crippen LogP contribution in [-0.2, 0) is 30.6 Å². The fourth-order valence-corrected chi connectivity index (χ4v) is 4.32. The molecule has 3 aromatic rings. The van der Waals surface area contributed by atoms with Gasteiger partial charge < -0.3 is 19.2 Å². The molecule has 0 atom stereocenters. The zero-order chi connectivity index (χ0) is 26.8. The van der Waals surface area contributed by atoms with Crippen molar-refractivity contribution >= 4 is 54.6 Å². The second-order valence-corrected chi connectivity index (χ2v) is 9.53. The first-order valence-electron chi connectivity index (χ1n) is 9.66. The summed E-state index contributed by atoms with van der Waals surface area (Å²) in [6, 6.07) is 6.89. The lowest BCUT2D eigenvalue weighted by Gasteiger charge is -2.16. The van der Waals surface area contributed by atoms with Crippen LogP contribution in [0.1, 0.15) is 11.1 Å². The van der Waals surface area contributed by atoms with Crippen LogP contribution in [-0.4, -0.2) is 38.1 Å². The van der Waals surface area contributed by atoms with Crippen LogP contribution in [0.25, 0.3) is 11.0 Å². The van der Waals surface area contributed by atoms with Crippen LogP contribution >= 0.6 is 15.9 Å². The quantitative estimate of drug-likeness (QED) is 0.181. The number of ether oxygens (including phenoxy) is 2. The fourth-order valence-electron chi connectivity index (χ4n) is 3.05. The van der Waals surface area contributed by atoms with Gasteiger partial charge in [0.15, 0.2) is 5.75 Å². The average molecular weight is 594 g/mol. The van der Waals surface area contributed by atoms with E-state index in [0.717, 1.165) is 0 Å². The van der Waals surface area contributed by atoms with Gasteiger partial charge in [0.25, 0.3) is 10.1 Å². The predicted octanol–water partition coefficient (Wildman–Crippen LogP) is 3.69. The van der Waals surface area contributed by atoms with Crippen LogP contribution in [0.4, 0.5) is 18.9 Å². The molecule has 0 fully saturated rings. The summed E-state index contributed by atoms with van der Waals surface area (Å²) in [5.41, 5.74) is -1.12. The molecule has 10 nitrogen and oxygen atoms in total. The summed E-state index contributed by atoms with van der Waals surface area (Å²) in [5.74, 6) is -3.68. The van der Waals surface area contributed by atoms with Crippen LogP contribution in [0.15, 0.2) is 55.0 Å². The van der Waals surface area contributed by atoms with E-state index in [4.69, 9.17) is 9.15 Å². The molecule has 1 amide bonds. The summed E-state index contributed by atoms with van der Waals surface area (Å²) in [6.07, 6.45) is -5.14. The molecule has 0 bridgehead atoms. The van der Waals surface area contributed by atoms with Gasteiger partial charge in [0.05, 0.1) is 0 Å². The molecule has 0 saturated heterocycles. The Morgan fingerprint density at radius 2 is 1.83 bits per heavy atom. The lowest BCUT2D eigenvalue weighted by Crippen LogP contribution is -2.24. The Kier molecular flexibility index (Phi) is 7.88. The number of amides is 1. The van der Waals surface area contributed by atoms with E-state index in [1.165, 1.54) is 18.2 Å². The predicted molar refractivity (Wildman–Crippen MR) is 121 cm³/mol. The first kappa shape index (κ1) is 27.3. The Balaban J connectivity index is 1.67. The number of carbonyl (C=O) groups excluding carboxylic acids is 2. The Morgan fingerprint density at radius 3 is 2.47 bits per heavy atom. The highest BCUT2D eigenvalue weighted by Crippen LogP contribution is 2.42. The number of rotatable bonds is 7. The molecular weight excluding hydrogens is 579 g/mol. The maximum absolute atomic E-state index is 13.4. The van der Waals surface area contributed by atoms with Crippen molar-refractivity contribution < 1.29 is 49.6 Å². The van der Waals surface area contributed by atoms with Gasteiger partial charge in [0, 0.05) is 27.7 Å². The number of fused-ring (bicyclic) bond motifs is 1. The standard InChI is InChI=1S/C21H15BrF3NO9S/c1-10-4-18(28)34-15-7-12(2-3-13(10)15)26-17(27)8-33-9-19(29)35-20-14(21(23,24)25)5-11(22)6-16(20)36(30,31)32/h2-7H,8-9H2,1H3,(H,26,27)(H,30,31,32). The molecular formula is C21H15BrF3NO9S. The van der Waals surface area contributed by atoms with Crippen molar-refractivity contribution in [3.8, 4) is 5.75 Å². The zero-order valence-corrected chi connectivity index (χ0v) is 20.4. The van der Waals surface area contributed by atoms with Gasteiger partial charge in [-0.05, 0) is 36.8 Å². The third kappa shape index (κ3) is 6.69. The van der Waals surface area contributed by atoms with E-state index >= 15 is 0 Å². The minimum Gasteiger partial charge on any atom is -0.423 e. The second-order valence-electron chi connectivity index (χ2n) is 7.23. The summed E-state index contributed by atoms with van der Waals surface area (Å²) in [7, 11) is -5.21. The molecule has 0 unspecified atom stereocenters. The fraction of sp³-hybridized carbons (Fsp3) is 0.190. The number of nitrogens with one attached hydrogen (secondary N) is 1. The Bertz CT molecular complexity index is 1520. The first-order valence-corrected chi connectivity index (χ1v) is 11.9. The van der Waals surface area contributed by atoms with Crippen LogP contribution in [0, 0.1) is 6.92 Å². The number of alkyl halides is 3. The number of benzene rings is 2. The lowest BCUT2D eigenvalue weighted by molar-refractivity contribution is -0.145. The van der Waals surface area contributed by atoms with Crippen molar-refractivity contribution in [2.45, 2.75) is 18.0 Å². The zero-order valence-electron chi connectivity index (χ0n) is 18.0. The molecule has 1 aromatic heterocycles. The highest BCUT2D eigenvalue weighted by atomic mass is 79.9. The Morgan fingerprint density at radius 1 is 1.14 bits per heavy atom. The summed E-state index contributed by atoms with van der Waals surface area (Å²) in [4.78, 5) is 34.3. The van der Waals surface area contributed by atoms with Crippen molar-refractivity contribution in [3.63, 3.8) is 0 Å². The number of hydrogen-bond donors (Lipinski definition) is 2. The molecule has 1 heterocycles. The van der Waals surface area contributed by atoms with Crippen LogP contribution in [0.5, 0.6) is 5.75 Å². The summed E-state index contributed by atoms with van der Waals surface area (Å²) < 4.78 is 86.5. The van der Waals surface area contributed by atoms with E-state index in [9.17, 15) is 40.5 Å². The number of anilines is 1. The highest BCUT2D eigenvalue weighted by molar-refractivity contribution is 9.10. The molecule has 0 aliphatic heterocycles. The maximum Gasteiger partial charge on any atom is 0.420 e. The maximum atomic E-state index is 13.4. The van der Waals surface area contributed by atoms with Crippen molar-refractivity contribution in [1.29, 1.82) is 0 Å². The molecule has 0 saturated carbocycles. The van der Waals surface area contributed by atoms with E-state index in [-0.39, 0.29) is 15.7 Å². The molecule has 0 aliphatic rings. The first-order chi connectivity index (χ1) is 16.6. The van der Waals surface area contributed by atoms with Crippen LogP contribution < -0.4 is 15.7 Å². The minimum atomic E-state index is -5.21. The van der Waals surface area contributed by atoms with Crippen molar-refractivity contribution in [2.75, 3.05) is 18.5 Å². The smallest absolute Gasteiger partial charge is 0.420 e. The third-order valence-corrected chi connectivity index (χ3v) is 5.82. The van der Waals surface area contributed by atoms with Crippen molar-refractivity contribution in [3.05, 3.63) is 62.4 Å². The van der Waals surface area contributed by atoms with Gasteiger partial charge in [-0.3, -0.25) is 9.35 Å². The van der Waals surface area contributed by atoms with Gasteiger partial charge in [-0.2, -0.15) is 21.6 Å². The Labute approximate surface area is 208 Å². The SMILES string of the molecule is Cc1cc(=O)oc2cc(NC(=O)COCC(=O)Oc3c(C(F)(F)F)cc(Br)cc3S(=O)(=O)O)ccc12. The molecule has 3 rings (SSSR count). The van der Waals surface area contributed by atoms with Gasteiger partial charge in [0.2, 0.25) is 5.91 Å². The van der Waals surface area contributed by atoms with E-state index in [2.05, 4.69) is 26.0 Å². The highest BCUT2D eigenvalue weighted by Gasteiger charge is 2.39. The average Bonchev–Trinajstić information content (AvgIpc) is 2.72. The molecule has 36 heavy (non-hydrogen) atoms. The molecule has 0 spiro atoms. The number of aryl methyl sites for hydroxylation is 1. The van der Waals surface area contributed by atoms with E-state index in [1.807, 2.05) is 0 Å². The molecule has 0 radical (unpaired) electrons. The molecule has 15 heteroatoms.